The van der Waals surface area contributed by atoms with Crippen LogP contribution in [0.15, 0.2) is 12.1 Å². The molecule has 0 aliphatic carbocycles. The number of nitrogens with zero attached hydrogens (tertiary/aromatic N) is 2. The molecule has 1 unspecified atom stereocenters. The number of aliphatic hydroxyl groups is 1. The molecule has 6 nitrogen and oxygen atoms in total. The Morgan fingerprint density at radius 1 is 1.85 bits per heavy atom. The van der Waals surface area contributed by atoms with Gasteiger partial charge in [0.05, 0.1) is 6.61 Å². The summed E-state index contributed by atoms with van der Waals surface area (Å²) in [4.78, 5) is 13.5. The second-order valence-corrected chi connectivity index (χ2v) is 2.25. The lowest BCUT2D eigenvalue weighted by molar-refractivity contribution is -0.145. The van der Waals surface area contributed by atoms with E-state index in [1.54, 1.807) is 6.92 Å². The minimum absolute atomic E-state index is 0.277. The van der Waals surface area contributed by atoms with Crippen LogP contribution in [0.1, 0.15) is 13.8 Å². The highest BCUT2D eigenvalue weighted by molar-refractivity contribution is 5.75. The fraction of sp³-hybridized carbons (Fsp3) is 0.571. The van der Waals surface area contributed by atoms with Crippen LogP contribution >= 0.6 is 0 Å². The highest BCUT2D eigenvalue weighted by atomic mass is 16.5. The summed E-state index contributed by atoms with van der Waals surface area (Å²) in [6.07, 6.45) is 0.774. The first-order valence-corrected chi connectivity index (χ1v) is 3.78. The van der Waals surface area contributed by atoms with Gasteiger partial charge in [-0.15, -0.1) is 0 Å². The quantitative estimate of drug-likeness (QED) is 0.384. The molecule has 0 fully saturated rings. The van der Waals surface area contributed by atoms with Crippen molar-refractivity contribution in [2.24, 2.45) is 0 Å². The summed E-state index contributed by atoms with van der Waals surface area (Å²) in [6.45, 7) is 3.47. The number of ether oxygens (including phenoxy) is 1. The molecule has 0 heterocycles. The molecule has 0 rings (SSSR count). The second kappa shape index (κ2) is 5.83. The van der Waals surface area contributed by atoms with Crippen LogP contribution in [0.25, 0.3) is 4.98 Å². The lowest BCUT2D eigenvalue weighted by Crippen LogP contribution is -2.34. The van der Waals surface area contributed by atoms with E-state index in [-0.39, 0.29) is 6.61 Å². The molecule has 0 bridgehead atoms. The maximum Gasteiger partial charge on any atom is 0.409 e. The highest BCUT2D eigenvalue weighted by Crippen LogP contribution is 1.92. The van der Waals surface area contributed by atoms with Gasteiger partial charge in [-0.1, -0.05) is 0 Å². The van der Waals surface area contributed by atoms with Crippen LogP contribution in [-0.4, -0.2) is 23.7 Å². The van der Waals surface area contributed by atoms with E-state index in [9.17, 15) is 4.79 Å². The smallest absolute Gasteiger partial charge is 0.409 e. The first kappa shape index (κ1) is 11.2. The van der Waals surface area contributed by atoms with Crippen LogP contribution in [0.5, 0.6) is 0 Å². The van der Waals surface area contributed by atoms with Crippen LogP contribution < -0.4 is 5.32 Å². The van der Waals surface area contributed by atoms with Crippen LogP contribution in [0.2, 0.25) is 0 Å². The molecule has 0 aliphatic rings. The standard InChI is InChI=1S/C7H11N3O3/c1-3-13-7(12)5(2)10-6(11)4-9-8/h4-5,10H,3H2,1-2H3/p+1/b6-4-. The number of carbonyl (C=O) groups excluding carboxylic acids is 1. The summed E-state index contributed by atoms with van der Waals surface area (Å²) in [5.74, 6) is -0.886. The lowest BCUT2D eigenvalue weighted by atomic mass is 10.3. The van der Waals surface area contributed by atoms with Gasteiger partial charge >= 0.3 is 12.2 Å². The Morgan fingerprint density at radius 2 is 2.46 bits per heavy atom. The van der Waals surface area contributed by atoms with Crippen LogP contribution in [0.3, 0.4) is 0 Å². The Balaban J connectivity index is 4.01. The van der Waals surface area contributed by atoms with E-state index in [0.717, 1.165) is 6.20 Å². The number of esters is 1. The van der Waals surface area contributed by atoms with Gasteiger partial charge in [0.2, 0.25) is 5.39 Å². The van der Waals surface area contributed by atoms with Gasteiger partial charge in [0.25, 0.3) is 5.88 Å². The molecule has 0 radical (unpaired) electrons. The largest absolute Gasteiger partial charge is 0.490 e. The van der Waals surface area contributed by atoms with Gasteiger partial charge in [-0.05, 0) is 13.8 Å². The van der Waals surface area contributed by atoms with Gasteiger partial charge in [-0.2, -0.15) is 0 Å². The number of nitrogens with one attached hydrogen (secondary N) is 1. The van der Waals surface area contributed by atoms with Crippen LogP contribution in [0.4, 0.5) is 0 Å². The normalized spacial score (nSPS) is 12.8. The fourth-order valence-electron chi connectivity index (χ4n) is 0.640. The number of carbonyl (C=O) groups is 1. The first-order chi connectivity index (χ1) is 6.11. The maximum atomic E-state index is 11.0. The second-order valence-electron chi connectivity index (χ2n) is 2.25. The zero-order valence-corrected chi connectivity index (χ0v) is 7.52. The van der Waals surface area contributed by atoms with Gasteiger partial charge in [-0.25, -0.2) is 4.79 Å². The predicted molar refractivity (Wildman–Crippen MR) is 45.0 cm³/mol. The third-order valence-electron chi connectivity index (χ3n) is 1.18. The van der Waals surface area contributed by atoms with Gasteiger partial charge < -0.3 is 15.2 Å². The van der Waals surface area contributed by atoms with Gasteiger partial charge in [0.15, 0.2) is 4.98 Å². The zero-order valence-electron chi connectivity index (χ0n) is 7.52. The van der Waals surface area contributed by atoms with E-state index >= 15 is 0 Å². The summed E-state index contributed by atoms with van der Waals surface area (Å²) in [6, 6.07) is -0.682. The molecule has 0 aliphatic heterocycles. The molecule has 2 N–H and O–H groups in total. The van der Waals surface area contributed by atoms with E-state index in [1.807, 2.05) is 0 Å². The Morgan fingerprint density at radius 3 is 2.92 bits per heavy atom. The van der Waals surface area contributed by atoms with Gasteiger partial charge in [0, 0.05) is 0 Å². The summed E-state index contributed by atoms with van der Waals surface area (Å²) < 4.78 is 4.65. The molecule has 0 amide bonds. The molecule has 0 aromatic carbocycles. The van der Waals surface area contributed by atoms with Crippen molar-refractivity contribution in [1.29, 1.82) is 5.39 Å². The number of hydrogen-bond acceptors (Lipinski definition) is 5. The van der Waals surface area contributed by atoms with Crippen molar-refractivity contribution in [2.75, 3.05) is 6.61 Å². The van der Waals surface area contributed by atoms with Crippen LogP contribution in [0, 0.1) is 5.39 Å². The monoisotopic (exact) mass is 186 g/mol. The Bertz CT molecular complexity index is 244. The Labute approximate surface area is 75.8 Å². The molecule has 0 aromatic heterocycles. The summed E-state index contributed by atoms with van der Waals surface area (Å²) in [5, 5.41) is 19.3. The maximum absolute atomic E-state index is 11.0. The average molecular weight is 186 g/mol. The molecule has 0 saturated heterocycles. The first-order valence-electron chi connectivity index (χ1n) is 3.78. The molecule has 0 aromatic rings. The van der Waals surface area contributed by atoms with E-state index in [0.29, 0.717) is 0 Å². The van der Waals surface area contributed by atoms with Crippen molar-refractivity contribution >= 4 is 5.97 Å². The molecule has 0 spiro atoms. The van der Waals surface area contributed by atoms with Crippen molar-refractivity contribution in [1.82, 2.24) is 5.32 Å². The summed E-state index contributed by atoms with van der Waals surface area (Å²) >= 11 is 0. The van der Waals surface area contributed by atoms with E-state index in [1.165, 1.54) is 6.92 Å². The Kier molecular flexibility index (Phi) is 5.03. The number of rotatable bonds is 4. The number of hydrogen-bond donors (Lipinski definition) is 2. The van der Waals surface area contributed by atoms with Crippen molar-refractivity contribution in [2.45, 2.75) is 19.9 Å². The summed E-state index contributed by atoms with van der Waals surface area (Å²) in [5.41, 5.74) is 0. The molecular formula is C7H12N3O3+. The van der Waals surface area contributed by atoms with Crippen LogP contribution in [-0.2, 0) is 9.53 Å². The average Bonchev–Trinajstić information content (AvgIpc) is 2.05. The zero-order chi connectivity index (χ0) is 10.3. The Hall–Kier alpha value is -1.77. The summed E-state index contributed by atoms with van der Waals surface area (Å²) in [7, 11) is 0. The van der Waals surface area contributed by atoms with Crippen molar-refractivity contribution in [3.63, 3.8) is 0 Å². The topological polar surface area (TPSA) is 86.7 Å². The van der Waals surface area contributed by atoms with Gasteiger partial charge in [-0.3, -0.25) is 0 Å². The number of aliphatic hydroxyl groups excluding tert-OH is 1. The third-order valence-corrected chi connectivity index (χ3v) is 1.18. The molecular weight excluding hydrogens is 174 g/mol. The molecule has 6 heteroatoms. The molecule has 0 saturated carbocycles. The van der Waals surface area contributed by atoms with E-state index < -0.39 is 17.9 Å². The molecule has 13 heavy (non-hydrogen) atoms. The molecule has 1 atom stereocenters. The molecule has 72 valence electrons. The van der Waals surface area contributed by atoms with Crippen molar-refractivity contribution in [3.05, 3.63) is 17.1 Å². The van der Waals surface area contributed by atoms with Gasteiger partial charge in [0.1, 0.15) is 6.04 Å². The SMILES string of the molecule is CCOC(=O)C(C)N/C(O)=C/[N+]#N. The van der Waals surface area contributed by atoms with Crippen molar-refractivity contribution in [3.8, 4) is 0 Å². The van der Waals surface area contributed by atoms with E-state index in [4.69, 9.17) is 10.5 Å². The fourth-order valence-corrected chi connectivity index (χ4v) is 0.640. The lowest BCUT2D eigenvalue weighted by Gasteiger charge is -2.10. The highest BCUT2D eigenvalue weighted by Gasteiger charge is 2.15. The number of diazo groups is 1. The van der Waals surface area contributed by atoms with E-state index in [2.05, 4.69) is 15.0 Å². The third kappa shape index (κ3) is 4.63. The minimum atomic E-state index is -0.682. The van der Waals surface area contributed by atoms with Crippen molar-refractivity contribution < 1.29 is 14.6 Å². The predicted octanol–water partition coefficient (Wildman–Crippen LogP) is 0.738. The minimum Gasteiger partial charge on any atom is -0.490 e.